The number of hydrogen-bond donors (Lipinski definition) is 0. The molecule has 0 aliphatic carbocycles. The van der Waals surface area contributed by atoms with Gasteiger partial charge in [0, 0.05) is 4.90 Å². The fourth-order valence-corrected chi connectivity index (χ4v) is 2.38. The van der Waals surface area contributed by atoms with Gasteiger partial charge in [-0.2, -0.15) is 8.78 Å². The van der Waals surface area contributed by atoms with E-state index in [0.717, 1.165) is 22.2 Å². The molecule has 0 unspecified atom stereocenters. The van der Waals surface area contributed by atoms with Crippen molar-refractivity contribution in [2.75, 3.05) is 0 Å². The fraction of sp³-hybridized carbons (Fsp3) is 0.0667. The Morgan fingerprint density at radius 3 is 2.06 bits per heavy atom. The molecule has 18 heavy (non-hydrogen) atoms. The molecule has 0 heterocycles. The Morgan fingerprint density at radius 2 is 1.50 bits per heavy atom. The summed E-state index contributed by atoms with van der Waals surface area (Å²) in [4.78, 5) is 0.821. The fourth-order valence-electron chi connectivity index (χ4n) is 1.52. The number of thioether (sulfide) groups is 1. The van der Waals surface area contributed by atoms with Crippen LogP contribution in [0.4, 0.5) is 8.78 Å². The summed E-state index contributed by atoms with van der Waals surface area (Å²) in [5, 5.41) is 0. The maximum Gasteiger partial charge on any atom is 0.284 e. The molecular formula is C15H12F2S. The van der Waals surface area contributed by atoms with E-state index in [4.69, 9.17) is 0 Å². The average Bonchev–Trinajstić information content (AvgIpc) is 2.38. The highest BCUT2D eigenvalue weighted by Crippen LogP contribution is 2.37. The second kappa shape index (κ2) is 5.83. The van der Waals surface area contributed by atoms with Crippen LogP contribution < -0.4 is 0 Å². The first-order valence-corrected chi connectivity index (χ1v) is 6.33. The lowest BCUT2D eigenvalue weighted by Gasteiger charge is -2.06. The highest BCUT2D eigenvalue weighted by molar-refractivity contribution is 8.08. The molecule has 0 aliphatic heterocycles. The molecule has 2 aromatic carbocycles. The van der Waals surface area contributed by atoms with Crippen LogP contribution in [-0.2, 0) is 0 Å². The van der Waals surface area contributed by atoms with Gasteiger partial charge in [-0.1, -0.05) is 59.8 Å². The van der Waals surface area contributed by atoms with Crippen molar-refractivity contribution in [3.8, 4) is 0 Å². The van der Waals surface area contributed by atoms with Crippen molar-refractivity contribution in [2.24, 2.45) is 0 Å². The van der Waals surface area contributed by atoms with E-state index in [9.17, 15) is 8.78 Å². The second-order valence-electron chi connectivity index (χ2n) is 3.87. The van der Waals surface area contributed by atoms with Crippen LogP contribution in [0.25, 0.3) is 4.91 Å². The summed E-state index contributed by atoms with van der Waals surface area (Å²) >= 11 is 1.09. The zero-order valence-electron chi connectivity index (χ0n) is 9.86. The molecule has 0 aliphatic rings. The van der Waals surface area contributed by atoms with E-state index in [1.807, 2.05) is 49.4 Å². The van der Waals surface area contributed by atoms with Gasteiger partial charge < -0.3 is 0 Å². The quantitative estimate of drug-likeness (QED) is 0.672. The van der Waals surface area contributed by atoms with Crippen LogP contribution in [0.3, 0.4) is 0 Å². The van der Waals surface area contributed by atoms with Gasteiger partial charge in [0.1, 0.15) is 0 Å². The number of halogens is 2. The molecule has 0 saturated carbocycles. The van der Waals surface area contributed by atoms with E-state index >= 15 is 0 Å². The molecule has 0 bridgehead atoms. The van der Waals surface area contributed by atoms with Crippen LogP contribution in [-0.4, -0.2) is 0 Å². The third kappa shape index (κ3) is 3.20. The topological polar surface area (TPSA) is 0 Å². The minimum Gasteiger partial charge on any atom is -0.172 e. The van der Waals surface area contributed by atoms with Crippen molar-refractivity contribution >= 4 is 16.7 Å². The van der Waals surface area contributed by atoms with Crippen molar-refractivity contribution in [3.63, 3.8) is 0 Å². The summed E-state index contributed by atoms with van der Waals surface area (Å²) in [6.07, 6.45) is -1.65. The smallest absolute Gasteiger partial charge is 0.172 e. The number of rotatable bonds is 3. The average molecular weight is 262 g/mol. The van der Waals surface area contributed by atoms with E-state index in [2.05, 4.69) is 0 Å². The summed E-state index contributed by atoms with van der Waals surface area (Å²) in [7, 11) is 0. The molecule has 0 N–H and O–H groups in total. The highest BCUT2D eigenvalue weighted by atomic mass is 32.2. The molecule has 0 fully saturated rings. The monoisotopic (exact) mass is 262 g/mol. The van der Waals surface area contributed by atoms with Gasteiger partial charge in [-0.25, -0.2) is 0 Å². The highest BCUT2D eigenvalue weighted by Gasteiger charge is 2.11. The maximum absolute atomic E-state index is 13.0. The van der Waals surface area contributed by atoms with Crippen molar-refractivity contribution in [2.45, 2.75) is 11.8 Å². The molecule has 0 amide bonds. The molecule has 0 nitrogen and oxygen atoms in total. The molecule has 2 aromatic rings. The minimum absolute atomic E-state index is 0.0150. The number of benzene rings is 2. The van der Waals surface area contributed by atoms with E-state index < -0.39 is 6.08 Å². The van der Waals surface area contributed by atoms with Gasteiger partial charge in [0.2, 0.25) is 0 Å². The zero-order chi connectivity index (χ0) is 13.0. The lowest BCUT2D eigenvalue weighted by Crippen LogP contribution is -1.83. The Bertz CT molecular complexity index is 540. The van der Waals surface area contributed by atoms with Crippen LogP contribution in [0.1, 0.15) is 11.1 Å². The summed E-state index contributed by atoms with van der Waals surface area (Å²) in [5.41, 5.74) is 1.61. The standard InChI is InChI=1S/C15H12F2S/c1-11-7-9-12(10-8-11)14(15(16)17)18-13-5-3-2-4-6-13/h2-10H,1H3. The van der Waals surface area contributed by atoms with Crippen LogP contribution in [0.2, 0.25) is 0 Å². The first kappa shape index (κ1) is 12.8. The maximum atomic E-state index is 13.0. The molecule has 0 aromatic heterocycles. The lowest BCUT2D eigenvalue weighted by molar-refractivity contribution is 0.428. The molecule has 0 spiro atoms. The SMILES string of the molecule is Cc1ccc(C(Sc2ccccc2)=C(F)F)cc1. The van der Waals surface area contributed by atoms with Crippen LogP contribution in [0, 0.1) is 6.92 Å². The number of hydrogen-bond acceptors (Lipinski definition) is 1. The van der Waals surface area contributed by atoms with Crippen LogP contribution in [0.15, 0.2) is 65.6 Å². The summed E-state index contributed by atoms with van der Waals surface area (Å²) in [6.45, 7) is 1.93. The van der Waals surface area contributed by atoms with Crippen LogP contribution >= 0.6 is 11.8 Å². The molecule has 3 heteroatoms. The first-order valence-electron chi connectivity index (χ1n) is 5.52. The molecule has 2 rings (SSSR count). The second-order valence-corrected chi connectivity index (χ2v) is 4.95. The molecule has 0 atom stereocenters. The zero-order valence-corrected chi connectivity index (χ0v) is 10.7. The van der Waals surface area contributed by atoms with E-state index in [1.54, 1.807) is 12.1 Å². The van der Waals surface area contributed by atoms with Crippen molar-refractivity contribution < 1.29 is 8.78 Å². The van der Waals surface area contributed by atoms with Gasteiger partial charge in [-0.15, -0.1) is 0 Å². The molecule has 0 saturated heterocycles. The van der Waals surface area contributed by atoms with Crippen molar-refractivity contribution in [1.82, 2.24) is 0 Å². The lowest BCUT2D eigenvalue weighted by atomic mass is 10.1. The van der Waals surface area contributed by atoms with Crippen molar-refractivity contribution in [3.05, 3.63) is 71.8 Å². The van der Waals surface area contributed by atoms with Crippen LogP contribution in [0.5, 0.6) is 0 Å². The molecule has 92 valence electrons. The van der Waals surface area contributed by atoms with Gasteiger partial charge in [0.15, 0.2) is 0 Å². The van der Waals surface area contributed by atoms with Crippen molar-refractivity contribution in [1.29, 1.82) is 0 Å². The third-order valence-electron chi connectivity index (χ3n) is 2.45. The Labute approximate surface area is 109 Å². The molecule has 0 radical (unpaired) electrons. The summed E-state index contributed by atoms with van der Waals surface area (Å²) in [5.74, 6) is 0. The predicted octanol–water partition coefficient (Wildman–Crippen LogP) is 5.35. The minimum atomic E-state index is -1.65. The predicted molar refractivity (Wildman–Crippen MR) is 72.6 cm³/mol. The largest absolute Gasteiger partial charge is 0.284 e. The first-order chi connectivity index (χ1) is 8.66. The Hall–Kier alpha value is -1.61. The molecular weight excluding hydrogens is 250 g/mol. The number of aryl methyl sites for hydroxylation is 1. The summed E-state index contributed by atoms with van der Waals surface area (Å²) < 4.78 is 26.1. The van der Waals surface area contributed by atoms with E-state index in [0.29, 0.717) is 5.56 Å². The van der Waals surface area contributed by atoms with Gasteiger partial charge >= 0.3 is 0 Å². The summed E-state index contributed by atoms with van der Waals surface area (Å²) in [6, 6.07) is 16.3. The Kier molecular flexibility index (Phi) is 4.15. The van der Waals surface area contributed by atoms with Gasteiger partial charge in [-0.05, 0) is 24.6 Å². The third-order valence-corrected chi connectivity index (χ3v) is 3.55. The van der Waals surface area contributed by atoms with Gasteiger partial charge in [0.25, 0.3) is 6.08 Å². The Balaban J connectivity index is 2.31. The normalized spacial score (nSPS) is 10.2. The van der Waals surface area contributed by atoms with Gasteiger partial charge in [0.05, 0.1) is 4.91 Å². The van der Waals surface area contributed by atoms with E-state index in [-0.39, 0.29) is 4.91 Å². The van der Waals surface area contributed by atoms with E-state index in [1.165, 1.54) is 0 Å². The Morgan fingerprint density at radius 1 is 0.889 bits per heavy atom. The van der Waals surface area contributed by atoms with Gasteiger partial charge in [-0.3, -0.25) is 0 Å².